The van der Waals surface area contributed by atoms with Gasteiger partial charge in [-0.2, -0.15) is 0 Å². The summed E-state index contributed by atoms with van der Waals surface area (Å²) in [5.41, 5.74) is 1.90. The van der Waals surface area contributed by atoms with E-state index in [1.54, 1.807) is 12.3 Å². The highest BCUT2D eigenvalue weighted by Crippen LogP contribution is 2.18. The molecule has 22 heavy (non-hydrogen) atoms. The average Bonchev–Trinajstić information content (AvgIpc) is 2.51. The molecule has 0 aliphatic rings. The van der Waals surface area contributed by atoms with Crippen molar-refractivity contribution in [3.05, 3.63) is 70.0 Å². The van der Waals surface area contributed by atoms with Crippen LogP contribution in [0.5, 0.6) is 0 Å². The average molecular weight is 362 g/mol. The lowest BCUT2D eigenvalue weighted by Crippen LogP contribution is -1.93. The van der Waals surface area contributed by atoms with E-state index in [1.807, 2.05) is 24.3 Å². The van der Waals surface area contributed by atoms with Gasteiger partial charge in [0, 0.05) is 16.8 Å². The van der Waals surface area contributed by atoms with Crippen molar-refractivity contribution in [2.75, 3.05) is 7.11 Å². The summed E-state index contributed by atoms with van der Waals surface area (Å²) in [6.45, 7) is 0. The van der Waals surface area contributed by atoms with Crippen LogP contribution in [0.4, 0.5) is 10.1 Å². The molecule has 0 fully saturated rings. The van der Waals surface area contributed by atoms with Gasteiger partial charge in [-0.15, -0.1) is 0 Å². The first-order valence-electron chi connectivity index (χ1n) is 6.43. The van der Waals surface area contributed by atoms with Gasteiger partial charge in [0.2, 0.25) is 0 Å². The number of carbonyl (C=O) groups excluding carboxylic acids is 1. The third-order valence-corrected chi connectivity index (χ3v) is 3.28. The van der Waals surface area contributed by atoms with Crippen LogP contribution in [0.1, 0.15) is 11.1 Å². The number of carbonyl (C=O) groups is 1. The Hall–Kier alpha value is -2.27. The molecule has 112 valence electrons. The van der Waals surface area contributed by atoms with Gasteiger partial charge in [0.25, 0.3) is 0 Å². The fraction of sp³-hybridized carbons (Fsp3) is 0.0588. The number of hydrogen-bond acceptors (Lipinski definition) is 3. The first-order chi connectivity index (χ1) is 10.6. The molecule has 0 atom stereocenters. The van der Waals surface area contributed by atoms with Gasteiger partial charge < -0.3 is 4.74 Å². The standard InChI is InChI=1S/C17H13BrFNO2/c1-22-17(21)7-4-13-8-15(19)10-16(9-13)20-11-12-2-5-14(18)6-3-12/h2-11H,1H3. The second-order valence-electron chi connectivity index (χ2n) is 4.41. The highest BCUT2D eigenvalue weighted by atomic mass is 79.9. The Morgan fingerprint density at radius 3 is 2.59 bits per heavy atom. The third kappa shape index (κ3) is 4.93. The third-order valence-electron chi connectivity index (χ3n) is 2.75. The Kier molecular flexibility index (Phi) is 5.61. The van der Waals surface area contributed by atoms with E-state index in [4.69, 9.17) is 0 Å². The number of nitrogens with zero attached hydrogens (tertiary/aromatic N) is 1. The second kappa shape index (κ2) is 7.66. The first-order valence-corrected chi connectivity index (χ1v) is 7.22. The van der Waals surface area contributed by atoms with Crippen LogP contribution < -0.4 is 0 Å². The number of esters is 1. The molecule has 0 unspecified atom stereocenters. The molecule has 0 aliphatic heterocycles. The lowest BCUT2D eigenvalue weighted by molar-refractivity contribution is -0.134. The Bertz CT molecular complexity index is 724. The smallest absolute Gasteiger partial charge is 0.330 e. The van der Waals surface area contributed by atoms with Crippen molar-refractivity contribution in [2.24, 2.45) is 4.99 Å². The van der Waals surface area contributed by atoms with Crippen LogP contribution in [-0.2, 0) is 9.53 Å². The largest absolute Gasteiger partial charge is 0.466 e. The predicted molar refractivity (Wildman–Crippen MR) is 88.8 cm³/mol. The number of halogens is 2. The number of hydrogen-bond donors (Lipinski definition) is 0. The summed E-state index contributed by atoms with van der Waals surface area (Å²) in [4.78, 5) is 15.3. The Labute approximate surface area is 136 Å². The van der Waals surface area contributed by atoms with Crippen molar-refractivity contribution in [1.82, 2.24) is 0 Å². The molecule has 5 heteroatoms. The first kappa shape index (κ1) is 16.1. The van der Waals surface area contributed by atoms with E-state index in [2.05, 4.69) is 25.7 Å². The minimum atomic E-state index is -0.496. The van der Waals surface area contributed by atoms with Crippen molar-refractivity contribution in [3.8, 4) is 0 Å². The zero-order chi connectivity index (χ0) is 15.9. The summed E-state index contributed by atoms with van der Waals surface area (Å²) in [5, 5.41) is 0. The molecule has 0 aromatic heterocycles. The lowest BCUT2D eigenvalue weighted by atomic mass is 10.2. The highest BCUT2D eigenvalue weighted by Gasteiger charge is 1.99. The molecule has 0 radical (unpaired) electrons. The molecular weight excluding hydrogens is 349 g/mol. The van der Waals surface area contributed by atoms with Crippen LogP contribution in [0.15, 0.2) is 58.0 Å². The van der Waals surface area contributed by atoms with Crippen LogP contribution in [-0.4, -0.2) is 19.3 Å². The van der Waals surface area contributed by atoms with Crippen LogP contribution in [0.25, 0.3) is 6.08 Å². The topological polar surface area (TPSA) is 38.7 Å². The van der Waals surface area contributed by atoms with Gasteiger partial charge in [-0.05, 0) is 47.5 Å². The number of benzene rings is 2. The quantitative estimate of drug-likeness (QED) is 0.456. The number of methoxy groups -OCH3 is 1. The maximum atomic E-state index is 13.6. The van der Waals surface area contributed by atoms with Gasteiger partial charge >= 0.3 is 5.97 Å². The highest BCUT2D eigenvalue weighted by molar-refractivity contribution is 9.10. The van der Waals surface area contributed by atoms with Crippen LogP contribution in [0.3, 0.4) is 0 Å². The van der Waals surface area contributed by atoms with Gasteiger partial charge in [-0.3, -0.25) is 4.99 Å². The van der Waals surface area contributed by atoms with E-state index < -0.39 is 11.8 Å². The van der Waals surface area contributed by atoms with Crippen molar-refractivity contribution < 1.29 is 13.9 Å². The normalized spacial score (nSPS) is 11.2. The summed E-state index contributed by atoms with van der Waals surface area (Å²) in [5.74, 6) is -0.917. The lowest BCUT2D eigenvalue weighted by Gasteiger charge is -1.99. The van der Waals surface area contributed by atoms with E-state index in [0.29, 0.717) is 11.3 Å². The molecule has 2 rings (SSSR count). The maximum absolute atomic E-state index is 13.6. The van der Waals surface area contributed by atoms with Crippen LogP contribution in [0, 0.1) is 5.82 Å². The number of aliphatic imine (C=N–C) groups is 1. The van der Waals surface area contributed by atoms with Gasteiger partial charge in [0.15, 0.2) is 0 Å². The van der Waals surface area contributed by atoms with E-state index in [-0.39, 0.29) is 0 Å². The fourth-order valence-electron chi connectivity index (χ4n) is 1.70. The second-order valence-corrected chi connectivity index (χ2v) is 5.32. The van der Waals surface area contributed by atoms with Crippen LogP contribution >= 0.6 is 15.9 Å². The molecule has 2 aromatic rings. The zero-order valence-electron chi connectivity index (χ0n) is 11.8. The molecule has 0 aliphatic carbocycles. The monoisotopic (exact) mass is 361 g/mol. The van der Waals surface area contributed by atoms with Gasteiger partial charge in [-0.25, -0.2) is 9.18 Å². The number of ether oxygens (including phenoxy) is 1. The van der Waals surface area contributed by atoms with Gasteiger partial charge in [0.1, 0.15) is 5.82 Å². The van der Waals surface area contributed by atoms with Crippen molar-refractivity contribution >= 4 is 39.9 Å². The van der Waals surface area contributed by atoms with Crippen molar-refractivity contribution in [2.45, 2.75) is 0 Å². The Morgan fingerprint density at radius 2 is 1.91 bits per heavy atom. The summed E-state index contributed by atoms with van der Waals surface area (Å²) in [6, 6.07) is 11.9. The molecule has 0 saturated heterocycles. The molecule has 0 bridgehead atoms. The Balaban J connectivity index is 2.20. The minimum Gasteiger partial charge on any atom is -0.466 e. The van der Waals surface area contributed by atoms with E-state index in [9.17, 15) is 9.18 Å². The van der Waals surface area contributed by atoms with Gasteiger partial charge in [-0.1, -0.05) is 28.1 Å². The molecule has 2 aromatic carbocycles. The number of rotatable bonds is 4. The molecule has 0 amide bonds. The van der Waals surface area contributed by atoms with E-state index in [0.717, 1.165) is 10.0 Å². The molecule has 0 N–H and O–H groups in total. The van der Waals surface area contributed by atoms with E-state index in [1.165, 1.54) is 31.4 Å². The molecule has 3 nitrogen and oxygen atoms in total. The molecule has 0 spiro atoms. The SMILES string of the molecule is COC(=O)C=Cc1cc(F)cc(N=Cc2ccc(Br)cc2)c1. The van der Waals surface area contributed by atoms with Crippen molar-refractivity contribution in [1.29, 1.82) is 0 Å². The van der Waals surface area contributed by atoms with E-state index >= 15 is 0 Å². The minimum absolute atomic E-state index is 0.421. The van der Waals surface area contributed by atoms with Crippen molar-refractivity contribution in [3.63, 3.8) is 0 Å². The summed E-state index contributed by atoms with van der Waals surface area (Å²) in [6.07, 6.45) is 4.36. The summed E-state index contributed by atoms with van der Waals surface area (Å²) >= 11 is 3.36. The fourth-order valence-corrected chi connectivity index (χ4v) is 1.96. The maximum Gasteiger partial charge on any atom is 0.330 e. The van der Waals surface area contributed by atoms with Gasteiger partial charge in [0.05, 0.1) is 12.8 Å². The zero-order valence-corrected chi connectivity index (χ0v) is 13.4. The predicted octanol–water partition coefficient (Wildman–Crippen LogP) is 4.53. The molecule has 0 heterocycles. The summed E-state index contributed by atoms with van der Waals surface area (Å²) < 4.78 is 19.1. The van der Waals surface area contributed by atoms with Crippen LogP contribution in [0.2, 0.25) is 0 Å². The Morgan fingerprint density at radius 1 is 1.18 bits per heavy atom. The summed E-state index contributed by atoms with van der Waals surface area (Å²) in [7, 11) is 1.28. The molecule has 0 saturated carbocycles. The molecular formula is C17H13BrFNO2.